The van der Waals surface area contributed by atoms with Crippen LogP contribution >= 0.6 is 0 Å². The number of carbonyl (C=O) groups excluding carboxylic acids is 3. The van der Waals surface area contributed by atoms with Crippen LogP contribution in [-0.2, 0) is 26.1 Å². The summed E-state index contributed by atoms with van der Waals surface area (Å²) in [5.74, 6) is -0.732. The van der Waals surface area contributed by atoms with Crippen LogP contribution < -0.4 is 4.74 Å². The molecule has 2 aromatic rings. The fraction of sp³-hybridized carbons (Fsp3) is 0.385. The van der Waals surface area contributed by atoms with Gasteiger partial charge in [-0.05, 0) is 68.2 Å². The van der Waals surface area contributed by atoms with Crippen LogP contribution in [0.2, 0.25) is 0 Å². The van der Waals surface area contributed by atoms with Crippen molar-refractivity contribution in [3.63, 3.8) is 0 Å². The summed E-state index contributed by atoms with van der Waals surface area (Å²) in [5.41, 5.74) is 0.762. The molecule has 0 radical (unpaired) electrons. The van der Waals surface area contributed by atoms with E-state index >= 15 is 0 Å². The van der Waals surface area contributed by atoms with E-state index in [1.165, 1.54) is 27.4 Å². The van der Waals surface area contributed by atoms with E-state index in [9.17, 15) is 19.6 Å². The van der Waals surface area contributed by atoms with Crippen molar-refractivity contribution in [2.45, 2.75) is 24.7 Å². The summed E-state index contributed by atoms with van der Waals surface area (Å²) < 4.78 is 15.0. The number of ether oxygens (including phenoxy) is 3. The quantitative estimate of drug-likeness (QED) is 0.347. The molecule has 0 aliphatic heterocycles. The summed E-state index contributed by atoms with van der Waals surface area (Å²) in [7, 11) is 5.98. The maximum absolute atomic E-state index is 12.7. The van der Waals surface area contributed by atoms with Crippen molar-refractivity contribution in [1.82, 2.24) is 4.90 Å². The standard InChI is InChI=1S/C26H30N2O6/c1-28(14-11-19-7-5-8-20(15-19)24(30)33-3)13-6-12-26(18-27,25(31)34-4)22-10-9-21(17-29)23(16-22)32-2/h5,7-10,15-17H,6,11-14H2,1-4H3. The fourth-order valence-electron chi connectivity index (χ4n) is 3.80. The van der Waals surface area contributed by atoms with Gasteiger partial charge >= 0.3 is 11.9 Å². The number of aldehydes is 1. The lowest BCUT2D eigenvalue weighted by molar-refractivity contribution is -0.145. The lowest BCUT2D eigenvalue weighted by Gasteiger charge is -2.26. The zero-order chi connectivity index (χ0) is 25.1. The molecule has 1 unspecified atom stereocenters. The minimum absolute atomic E-state index is 0.238. The van der Waals surface area contributed by atoms with Crippen molar-refractivity contribution in [2.24, 2.45) is 0 Å². The van der Waals surface area contributed by atoms with Gasteiger partial charge in [-0.2, -0.15) is 5.26 Å². The van der Waals surface area contributed by atoms with Gasteiger partial charge in [0.05, 0.1) is 38.5 Å². The van der Waals surface area contributed by atoms with Crippen LogP contribution in [0.25, 0.3) is 0 Å². The lowest BCUT2D eigenvalue weighted by atomic mass is 9.77. The molecule has 8 heteroatoms. The summed E-state index contributed by atoms with van der Waals surface area (Å²) in [5, 5.41) is 10.0. The summed E-state index contributed by atoms with van der Waals surface area (Å²) in [4.78, 5) is 37.7. The van der Waals surface area contributed by atoms with Crippen LogP contribution in [0.4, 0.5) is 0 Å². The molecule has 0 spiro atoms. The monoisotopic (exact) mass is 466 g/mol. The Kier molecular flexibility index (Phi) is 9.77. The topological polar surface area (TPSA) is 106 Å². The highest BCUT2D eigenvalue weighted by atomic mass is 16.5. The molecule has 180 valence electrons. The van der Waals surface area contributed by atoms with Crippen molar-refractivity contribution in [3.05, 3.63) is 64.7 Å². The first-order chi connectivity index (χ1) is 16.3. The number of hydrogen-bond donors (Lipinski definition) is 0. The smallest absolute Gasteiger partial charge is 0.337 e. The van der Waals surface area contributed by atoms with Gasteiger partial charge in [0.15, 0.2) is 11.7 Å². The lowest BCUT2D eigenvalue weighted by Crippen LogP contribution is -2.36. The second kappa shape index (κ2) is 12.5. The van der Waals surface area contributed by atoms with Crippen molar-refractivity contribution in [1.29, 1.82) is 5.26 Å². The van der Waals surface area contributed by atoms with Gasteiger partial charge < -0.3 is 19.1 Å². The largest absolute Gasteiger partial charge is 0.496 e. The molecule has 0 N–H and O–H groups in total. The zero-order valence-corrected chi connectivity index (χ0v) is 20.0. The Balaban J connectivity index is 2.08. The van der Waals surface area contributed by atoms with E-state index in [2.05, 4.69) is 11.0 Å². The van der Waals surface area contributed by atoms with Crippen LogP contribution in [0.1, 0.15) is 44.7 Å². The molecule has 8 nitrogen and oxygen atoms in total. The Morgan fingerprint density at radius 1 is 1.09 bits per heavy atom. The molecule has 0 fully saturated rings. The van der Waals surface area contributed by atoms with Crippen LogP contribution in [0.15, 0.2) is 42.5 Å². The summed E-state index contributed by atoms with van der Waals surface area (Å²) >= 11 is 0. The summed E-state index contributed by atoms with van der Waals surface area (Å²) in [6.45, 7) is 1.37. The van der Waals surface area contributed by atoms with Gasteiger partial charge in [-0.3, -0.25) is 4.79 Å². The fourth-order valence-corrected chi connectivity index (χ4v) is 3.80. The number of hydrogen-bond acceptors (Lipinski definition) is 8. The minimum atomic E-state index is -1.51. The normalized spacial score (nSPS) is 12.4. The van der Waals surface area contributed by atoms with E-state index in [1.54, 1.807) is 18.2 Å². The molecule has 34 heavy (non-hydrogen) atoms. The highest BCUT2D eigenvalue weighted by Gasteiger charge is 2.42. The molecule has 0 aromatic heterocycles. The molecule has 0 saturated carbocycles. The zero-order valence-electron chi connectivity index (χ0n) is 20.0. The Morgan fingerprint density at radius 2 is 1.85 bits per heavy atom. The molecule has 0 aliphatic carbocycles. The SMILES string of the molecule is COC(=O)c1cccc(CCN(C)CCCC(C#N)(C(=O)OC)c2ccc(C=O)c(OC)c2)c1. The van der Waals surface area contributed by atoms with Gasteiger partial charge in [-0.25, -0.2) is 9.59 Å². The second-order valence-electron chi connectivity index (χ2n) is 7.93. The van der Waals surface area contributed by atoms with E-state index in [0.717, 1.165) is 18.5 Å². The molecular formula is C26H30N2O6. The predicted octanol–water partition coefficient (Wildman–Crippen LogP) is 3.18. The Labute approximate surface area is 200 Å². The highest BCUT2D eigenvalue weighted by molar-refractivity contribution is 5.89. The number of nitriles is 1. The van der Waals surface area contributed by atoms with E-state index in [4.69, 9.17) is 14.2 Å². The van der Waals surface area contributed by atoms with Gasteiger partial charge in [0.2, 0.25) is 0 Å². The van der Waals surface area contributed by atoms with Crippen molar-refractivity contribution >= 4 is 18.2 Å². The number of benzene rings is 2. The van der Waals surface area contributed by atoms with Crippen LogP contribution in [0, 0.1) is 11.3 Å². The number of likely N-dealkylation sites (N-methyl/N-ethyl adjacent to an activating group) is 1. The van der Waals surface area contributed by atoms with Crippen molar-refractivity contribution in [3.8, 4) is 11.8 Å². The summed E-state index contributed by atoms with van der Waals surface area (Å²) in [6, 6.07) is 14.1. The third-order valence-electron chi connectivity index (χ3n) is 5.80. The highest BCUT2D eigenvalue weighted by Crippen LogP contribution is 2.34. The minimum Gasteiger partial charge on any atom is -0.496 e. The van der Waals surface area contributed by atoms with Crippen molar-refractivity contribution < 1.29 is 28.6 Å². The molecule has 1 atom stereocenters. The van der Waals surface area contributed by atoms with E-state index < -0.39 is 11.4 Å². The van der Waals surface area contributed by atoms with Crippen LogP contribution in [-0.4, -0.2) is 64.6 Å². The maximum Gasteiger partial charge on any atom is 0.337 e. The molecule has 0 heterocycles. The predicted molar refractivity (Wildman–Crippen MR) is 126 cm³/mol. The second-order valence-corrected chi connectivity index (χ2v) is 7.93. The molecular weight excluding hydrogens is 436 g/mol. The molecule has 2 aromatic carbocycles. The first-order valence-electron chi connectivity index (χ1n) is 10.8. The van der Waals surface area contributed by atoms with Crippen molar-refractivity contribution in [2.75, 3.05) is 41.5 Å². The average molecular weight is 467 g/mol. The number of methoxy groups -OCH3 is 3. The van der Waals surface area contributed by atoms with Gasteiger partial charge in [-0.1, -0.05) is 18.2 Å². The van der Waals surface area contributed by atoms with E-state index in [0.29, 0.717) is 41.7 Å². The first kappa shape index (κ1) is 26.6. The third kappa shape index (κ3) is 6.21. The average Bonchev–Trinajstić information content (AvgIpc) is 2.88. The Bertz CT molecular complexity index is 1060. The van der Waals surface area contributed by atoms with Crippen LogP contribution in [0.3, 0.4) is 0 Å². The molecule has 0 saturated heterocycles. The Morgan fingerprint density at radius 3 is 2.47 bits per heavy atom. The van der Waals surface area contributed by atoms with Gasteiger partial charge in [0.1, 0.15) is 5.75 Å². The van der Waals surface area contributed by atoms with Gasteiger partial charge in [0.25, 0.3) is 0 Å². The number of esters is 2. The molecule has 0 bridgehead atoms. The van der Waals surface area contributed by atoms with Crippen LogP contribution in [0.5, 0.6) is 5.75 Å². The van der Waals surface area contributed by atoms with Gasteiger partial charge in [-0.15, -0.1) is 0 Å². The maximum atomic E-state index is 12.7. The van der Waals surface area contributed by atoms with Gasteiger partial charge in [0, 0.05) is 6.54 Å². The third-order valence-corrected chi connectivity index (χ3v) is 5.80. The first-order valence-corrected chi connectivity index (χ1v) is 10.8. The molecule has 0 aliphatic rings. The summed E-state index contributed by atoms with van der Waals surface area (Å²) in [6.07, 6.45) is 2.18. The Hall–Kier alpha value is -3.70. The van der Waals surface area contributed by atoms with E-state index in [-0.39, 0.29) is 12.4 Å². The number of nitrogens with zero attached hydrogens (tertiary/aromatic N) is 2. The number of carbonyl (C=O) groups is 3. The molecule has 0 amide bonds. The molecule has 2 rings (SSSR count). The van der Waals surface area contributed by atoms with E-state index in [1.807, 2.05) is 25.2 Å². The number of rotatable bonds is 12.